The lowest BCUT2D eigenvalue weighted by Crippen LogP contribution is -2.44. The van der Waals surface area contributed by atoms with Gasteiger partial charge in [-0.25, -0.2) is 4.79 Å². The molecule has 0 fully saturated rings. The first-order valence-corrected chi connectivity index (χ1v) is 10.7. The molecule has 3 rings (SSSR count). The van der Waals surface area contributed by atoms with Crippen molar-refractivity contribution >= 4 is 35.5 Å². The first-order valence-electron chi connectivity index (χ1n) is 9.27. The minimum Gasteiger partial charge on any atom is -0.497 e. The number of Topliss-reactive ketones (excluding diaryl/α,β-unsaturated/α-hetero) is 1. The number of hydrogen-bond donors (Lipinski definition) is 2. The van der Waals surface area contributed by atoms with Crippen molar-refractivity contribution in [2.45, 2.75) is 6.04 Å². The van der Waals surface area contributed by atoms with E-state index in [1.165, 1.54) is 17.8 Å². The minimum atomic E-state index is -1.11. The highest BCUT2D eigenvalue weighted by Crippen LogP contribution is 2.35. The number of methoxy groups -OCH3 is 1. The van der Waals surface area contributed by atoms with E-state index in [1.807, 2.05) is 0 Å². The van der Waals surface area contributed by atoms with Gasteiger partial charge >= 0.3 is 5.97 Å². The van der Waals surface area contributed by atoms with Gasteiger partial charge < -0.3 is 24.6 Å². The van der Waals surface area contributed by atoms with Crippen LogP contribution in [-0.2, 0) is 9.59 Å². The zero-order valence-electron chi connectivity index (χ0n) is 16.9. The van der Waals surface area contributed by atoms with Crippen molar-refractivity contribution in [3.8, 4) is 17.2 Å². The Labute approximate surface area is 183 Å². The summed E-state index contributed by atoms with van der Waals surface area (Å²) in [6.45, 7) is -0.362. The minimum absolute atomic E-state index is 0.177. The summed E-state index contributed by atoms with van der Waals surface area (Å²) in [5.41, 5.74) is 1.17. The summed E-state index contributed by atoms with van der Waals surface area (Å²) < 4.78 is 16.2. The maximum Gasteiger partial charge on any atom is 0.327 e. The Morgan fingerprint density at radius 1 is 1.19 bits per heavy atom. The summed E-state index contributed by atoms with van der Waals surface area (Å²) in [5.74, 6) is -0.134. The number of benzene rings is 2. The SMILES string of the molecule is COc1ccc(C=C2Oc3cc(OCC(=O)NC(CSC)C(=O)O)ccc3C2=O)cc1. The molecule has 31 heavy (non-hydrogen) atoms. The molecule has 0 spiro atoms. The number of carboxylic acids is 1. The lowest BCUT2D eigenvalue weighted by Gasteiger charge is -2.13. The molecular weight excluding hydrogens is 422 g/mol. The molecule has 2 aromatic carbocycles. The Balaban J connectivity index is 1.64. The molecule has 1 atom stereocenters. The van der Waals surface area contributed by atoms with Gasteiger partial charge in [-0.15, -0.1) is 0 Å². The van der Waals surface area contributed by atoms with Gasteiger partial charge in [0.2, 0.25) is 5.78 Å². The molecule has 8 nitrogen and oxygen atoms in total. The van der Waals surface area contributed by atoms with Gasteiger partial charge in [-0.3, -0.25) is 9.59 Å². The number of amides is 1. The van der Waals surface area contributed by atoms with Crippen molar-refractivity contribution in [2.75, 3.05) is 25.7 Å². The number of carbonyl (C=O) groups excluding carboxylic acids is 2. The molecule has 1 aliphatic heterocycles. The molecule has 2 aromatic rings. The van der Waals surface area contributed by atoms with Crippen molar-refractivity contribution < 1.29 is 33.7 Å². The topological polar surface area (TPSA) is 111 Å². The molecule has 162 valence electrons. The summed E-state index contributed by atoms with van der Waals surface area (Å²) in [7, 11) is 1.58. The van der Waals surface area contributed by atoms with Gasteiger partial charge in [0.05, 0.1) is 12.7 Å². The van der Waals surface area contributed by atoms with Gasteiger partial charge in [0.1, 0.15) is 23.3 Å². The van der Waals surface area contributed by atoms with Crippen molar-refractivity contribution in [3.63, 3.8) is 0 Å². The first kappa shape index (κ1) is 22.2. The maximum atomic E-state index is 12.6. The first-order chi connectivity index (χ1) is 14.9. The number of fused-ring (bicyclic) bond motifs is 1. The Hall–Kier alpha value is -3.46. The van der Waals surface area contributed by atoms with Crippen molar-refractivity contribution in [1.29, 1.82) is 0 Å². The lowest BCUT2D eigenvalue weighted by atomic mass is 10.1. The van der Waals surface area contributed by atoms with Crippen molar-refractivity contribution in [3.05, 3.63) is 59.4 Å². The summed E-state index contributed by atoms with van der Waals surface area (Å²) >= 11 is 1.31. The van der Waals surface area contributed by atoms with Gasteiger partial charge in [-0.2, -0.15) is 11.8 Å². The number of nitrogens with one attached hydrogen (secondary N) is 1. The monoisotopic (exact) mass is 443 g/mol. The van der Waals surface area contributed by atoms with E-state index in [0.717, 1.165) is 5.56 Å². The number of carboxylic acid groups (broad SMARTS) is 1. The van der Waals surface area contributed by atoms with Crippen LogP contribution in [-0.4, -0.2) is 54.5 Å². The smallest absolute Gasteiger partial charge is 0.327 e. The standard InChI is InChI=1S/C22H21NO7S/c1-28-14-5-3-13(4-6-14)9-19-21(25)16-8-7-15(10-18(16)30-19)29-11-20(24)23-17(12-31-2)22(26)27/h3-10,17H,11-12H2,1-2H3,(H,23,24)(H,26,27). The van der Waals surface area contributed by atoms with Crippen molar-refractivity contribution in [1.82, 2.24) is 5.32 Å². The number of aliphatic carboxylic acids is 1. The van der Waals surface area contributed by atoms with Crippen LogP contribution in [0.3, 0.4) is 0 Å². The third kappa shape index (κ3) is 5.58. The van der Waals surface area contributed by atoms with Crippen molar-refractivity contribution in [2.24, 2.45) is 0 Å². The number of ether oxygens (including phenoxy) is 3. The number of thioether (sulfide) groups is 1. The van der Waals surface area contributed by atoms with E-state index < -0.39 is 17.9 Å². The Morgan fingerprint density at radius 2 is 1.90 bits per heavy atom. The molecule has 1 aliphatic rings. The van der Waals surface area contributed by atoms with E-state index in [0.29, 0.717) is 22.8 Å². The summed E-state index contributed by atoms with van der Waals surface area (Å²) in [6, 6.07) is 10.8. The number of ketones is 1. The maximum absolute atomic E-state index is 12.6. The van der Waals surface area contributed by atoms with E-state index in [-0.39, 0.29) is 23.9 Å². The highest BCUT2D eigenvalue weighted by atomic mass is 32.2. The average molecular weight is 443 g/mol. The van der Waals surface area contributed by atoms with E-state index in [1.54, 1.807) is 55.8 Å². The molecule has 1 amide bonds. The average Bonchev–Trinajstić information content (AvgIpc) is 3.07. The molecule has 1 heterocycles. The predicted octanol–water partition coefficient (Wildman–Crippen LogP) is 2.62. The number of allylic oxidation sites excluding steroid dienone is 1. The second-order valence-electron chi connectivity index (χ2n) is 6.57. The van der Waals surface area contributed by atoms with E-state index in [9.17, 15) is 14.4 Å². The van der Waals surface area contributed by atoms with Crippen LogP contribution in [0.5, 0.6) is 17.2 Å². The molecule has 0 aliphatic carbocycles. The summed E-state index contributed by atoms with van der Waals surface area (Å²) in [4.78, 5) is 35.7. The number of carbonyl (C=O) groups is 3. The predicted molar refractivity (Wildman–Crippen MR) is 116 cm³/mol. The third-order valence-electron chi connectivity index (χ3n) is 4.39. The zero-order chi connectivity index (χ0) is 22.4. The lowest BCUT2D eigenvalue weighted by molar-refractivity contribution is -0.141. The van der Waals surface area contributed by atoms with Crippen LogP contribution in [0, 0.1) is 0 Å². The number of rotatable bonds is 9. The highest BCUT2D eigenvalue weighted by Gasteiger charge is 2.28. The largest absolute Gasteiger partial charge is 0.497 e. The van der Waals surface area contributed by atoms with Gasteiger partial charge in [0.25, 0.3) is 5.91 Å². The van der Waals surface area contributed by atoms with Gasteiger partial charge in [-0.05, 0) is 42.2 Å². The quantitative estimate of drug-likeness (QED) is 0.569. The second-order valence-corrected chi connectivity index (χ2v) is 7.48. The molecular formula is C22H21NO7S. The molecule has 0 bridgehead atoms. The van der Waals surface area contributed by atoms with E-state index in [4.69, 9.17) is 19.3 Å². The van der Waals surface area contributed by atoms with Gasteiger partial charge in [0, 0.05) is 11.8 Å². The van der Waals surface area contributed by atoms with Gasteiger partial charge in [-0.1, -0.05) is 12.1 Å². The fraction of sp³-hybridized carbons (Fsp3) is 0.227. The normalized spacial score (nSPS) is 14.5. The number of hydrogen-bond acceptors (Lipinski definition) is 7. The Morgan fingerprint density at radius 3 is 2.55 bits per heavy atom. The van der Waals surface area contributed by atoms with Crippen LogP contribution >= 0.6 is 11.8 Å². The Kier molecular flexibility index (Phi) is 7.19. The molecule has 0 saturated heterocycles. The van der Waals surface area contributed by atoms with Gasteiger partial charge in [0.15, 0.2) is 12.4 Å². The van der Waals surface area contributed by atoms with Crippen LogP contribution < -0.4 is 19.5 Å². The summed E-state index contributed by atoms with van der Waals surface area (Å²) in [6.07, 6.45) is 3.38. The van der Waals surface area contributed by atoms with Crippen LogP contribution in [0.25, 0.3) is 6.08 Å². The van der Waals surface area contributed by atoms with Crippen LogP contribution in [0.1, 0.15) is 15.9 Å². The Bertz CT molecular complexity index is 1020. The second kappa shape index (κ2) is 10.0. The van der Waals surface area contributed by atoms with Crippen LogP contribution in [0.2, 0.25) is 0 Å². The molecule has 0 saturated carbocycles. The molecule has 0 radical (unpaired) electrons. The van der Waals surface area contributed by atoms with Crippen LogP contribution in [0.4, 0.5) is 0 Å². The van der Waals surface area contributed by atoms with Crippen LogP contribution in [0.15, 0.2) is 48.2 Å². The molecule has 9 heteroatoms. The fourth-order valence-electron chi connectivity index (χ4n) is 2.83. The van der Waals surface area contributed by atoms with E-state index in [2.05, 4.69) is 5.32 Å². The highest BCUT2D eigenvalue weighted by molar-refractivity contribution is 7.98. The fourth-order valence-corrected chi connectivity index (χ4v) is 3.39. The molecule has 1 unspecified atom stereocenters. The summed E-state index contributed by atoms with van der Waals surface area (Å²) in [5, 5.41) is 11.5. The molecule has 0 aromatic heterocycles. The molecule has 2 N–H and O–H groups in total. The zero-order valence-corrected chi connectivity index (χ0v) is 17.7. The van der Waals surface area contributed by atoms with E-state index >= 15 is 0 Å². The third-order valence-corrected chi connectivity index (χ3v) is 5.06.